The van der Waals surface area contributed by atoms with Gasteiger partial charge in [0.2, 0.25) is 0 Å². The molecule has 4 rings (SSSR count). The van der Waals surface area contributed by atoms with Crippen LogP contribution in [-0.4, -0.2) is 30.8 Å². The maximum Gasteiger partial charge on any atom is 0.335 e. The highest BCUT2D eigenvalue weighted by molar-refractivity contribution is 5.88. The van der Waals surface area contributed by atoms with E-state index in [0.717, 1.165) is 53.9 Å². The highest BCUT2D eigenvalue weighted by Gasteiger charge is 2.37. The first-order chi connectivity index (χ1) is 17.6. The number of nitrogens with one attached hydrogen (secondary N) is 1. The number of carbonyl (C=O) groups is 1. The molecule has 1 aliphatic carbocycles. The van der Waals surface area contributed by atoms with Gasteiger partial charge in [-0.05, 0) is 102 Å². The van der Waals surface area contributed by atoms with Crippen molar-refractivity contribution in [2.75, 3.05) is 19.7 Å². The van der Waals surface area contributed by atoms with Crippen molar-refractivity contribution in [3.8, 4) is 28.0 Å². The summed E-state index contributed by atoms with van der Waals surface area (Å²) < 4.78 is 6.33. The molecule has 0 atom stereocenters. The van der Waals surface area contributed by atoms with E-state index in [1.807, 2.05) is 12.1 Å². The van der Waals surface area contributed by atoms with Crippen molar-refractivity contribution >= 4 is 5.97 Å². The molecule has 0 unspecified atom stereocenters. The summed E-state index contributed by atoms with van der Waals surface area (Å²) in [4.78, 5) is 11.3. The van der Waals surface area contributed by atoms with Crippen LogP contribution in [-0.2, 0) is 10.8 Å². The van der Waals surface area contributed by atoms with Crippen molar-refractivity contribution in [2.24, 2.45) is 0 Å². The van der Waals surface area contributed by atoms with E-state index in [9.17, 15) is 9.90 Å². The van der Waals surface area contributed by atoms with Crippen LogP contribution in [0.25, 0.3) is 22.3 Å². The normalized spacial score (nSPS) is 15.7. The Hall–Kier alpha value is -3.11. The molecule has 4 heteroatoms. The lowest BCUT2D eigenvalue weighted by molar-refractivity contribution is 0.0697. The van der Waals surface area contributed by atoms with E-state index >= 15 is 0 Å². The van der Waals surface area contributed by atoms with Gasteiger partial charge in [0, 0.05) is 5.56 Å². The van der Waals surface area contributed by atoms with Crippen LogP contribution < -0.4 is 10.1 Å². The predicted octanol–water partition coefficient (Wildman–Crippen LogP) is 7.84. The van der Waals surface area contributed by atoms with Gasteiger partial charge >= 0.3 is 5.97 Å². The Labute approximate surface area is 222 Å². The second-order valence-corrected chi connectivity index (χ2v) is 11.6. The van der Waals surface area contributed by atoms with Gasteiger partial charge in [0.1, 0.15) is 5.75 Å². The third kappa shape index (κ3) is 6.07. The number of benzene rings is 3. The van der Waals surface area contributed by atoms with Gasteiger partial charge in [-0.3, -0.25) is 0 Å². The molecule has 0 fully saturated rings. The maximum absolute atomic E-state index is 11.3. The summed E-state index contributed by atoms with van der Waals surface area (Å²) in [6.45, 7) is 14.2. The summed E-state index contributed by atoms with van der Waals surface area (Å²) in [6, 6.07) is 20.3. The van der Waals surface area contributed by atoms with Crippen molar-refractivity contribution in [1.82, 2.24) is 5.32 Å². The number of fused-ring (bicyclic) bond motifs is 1. The van der Waals surface area contributed by atoms with E-state index in [-0.39, 0.29) is 10.8 Å². The van der Waals surface area contributed by atoms with Crippen molar-refractivity contribution < 1.29 is 14.6 Å². The lowest BCUT2D eigenvalue weighted by Gasteiger charge is -2.42. The molecule has 1 aliphatic rings. The summed E-state index contributed by atoms with van der Waals surface area (Å²) in [5.74, 6) is -0.0294. The van der Waals surface area contributed by atoms with Gasteiger partial charge in [-0.1, -0.05) is 71.0 Å². The zero-order valence-electron chi connectivity index (χ0n) is 23.0. The quantitative estimate of drug-likeness (QED) is 0.279. The molecule has 3 aromatic carbocycles. The van der Waals surface area contributed by atoms with Gasteiger partial charge in [-0.15, -0.1) is 0 Å². The van der Waals surface area contributed by atoms with Crippen molar-refractivity contribution in [3.05, 3.63) is 77.4 Å². The lowest BCUT2D eigenvalue weighted by Crippen LogP contribution is -2.33. The molecule has 0 bridgehead atoms. The molecule has 2 N–H and O–H groups in total. The molecule has 4 nitrogen and oxygen atoms in total. The molecule has 3 aromatic rings. The Morgan fingerprint density at radius 3 is 2.16 bits per heavy atom. The molecule has 37 heavy (non-hydrogen) atoms. The van der Waals surface area contributed by atoms with E-state index in [1.165, 1.54) is 24.0 Å². The standard InChI is InChI=1S/C33H41NO3/c1-6-18-34-19-7-20-37-30-15-13-25(23-8-10-24(11-9-23)31(35)36)21-27(30)26-12-14-28-29(22-26)33(4,5)17-16-32(28,2)3/h8-15,21-22,34H,6-7,16-20H2,1-5H3,(H,35,36). The van der Waals surface area contributed by atoms with Gasteiger partial charge < -0.3 is 15.2 Å². The highest BCUT2D eigenvalue weighted by atomic mass is 16.5. The zero-order chi connectivity index (χ0) is 26.6. The fourth-order valence-electron chi connectivity index (χ4n) is 5.30. The van der Waals surface area contributed by atoms with E-state index in [4.69, 9.17) is 4.74 Å². The minimum absolute atomic E-state index is 0.122. The first kappa shape index (κ1) is 26.9. The van der Waals surface area contributed by atoms with Crippen molar-refractivity contribution in [2.45, 2.75) is 71.1 Å². The monoisotopic (exact) mass is 499 g/mol. The van der Waals surface area contributed by atoms with Crippen molar-refractivity contribution in [3.63, 3.8) is 0 Å². The number of hydrogen-bond acceptors (Lipinski definition) is 3. The Morgan fingerprint density at radius 2 is 1.49 bits per heavy atom. The second-order valence-electron chi connectivity index (χ2n) is 11.6. The lowest BCUT2D eigenvalue weighted by atomic mass is 9.63. The van der Waals surface area contributed by atoms with Gasteiger partial charge in [0.15, 0.2) is 0 Å². The molecule has 0 aliphatic heterocycles. The number of carboxylic acids is 1. The van der Waals surface area contributed by atoms with Crippen LogP contribution in [0, 0.1) is 0 Å². The third-order valence-corrected chi connectivity index (χ3v) is 7.79. The maximum atomic E-state index is 11.3. The molecular weight excluding hydrogens is 458 g/mol. The zero-order valence-corrected chi connectivity index (χ0v) is 23.0. The first-order valence-corrected chi connectivity index (χ1v) is 13.6. The number of ether oxygens (including phenoxy) is 1. The fraction of sp³-hybridized carbons (Fsp3) is 0.424. The Bertz CT molecular complexity index is 1240. The average Bonchev–Trinajstić information content (AvgIpc) is 2.89. The molecule has 196 valence electrons. The molecule has 0 saturated carbocycles. The van der Waals surface area contributed by atoms with Crippen LogP contribution in [0.3, 0.4) is 0 Å². The van der Waals surface area contributed by atoms with E-state index in [0.29, 0.717) is 12.2 Å². The fourth-order valence-corrected chi connectivity index (χ4v) is 5.30. The first-order valence-electron chi connectivity index (χ1n) is 13.6. The summed E-state index contributed by atoms with van der Waals surface area (Å²) in [7, 11) is 0. The molecule has 0 radical (unpaired) electrons. The van der Waals surface area contributed by atoms with Gasteiger partial charge in [0.05, 0.1) is 12.2 Å². The van der Waals surface area contributed by atoms with Crippen LogP contribution in [0.4, 0.5) is 0 Å². The summed E-state index contributed by atoms with van der Waals surface area (Å²) >= 11 is 0. The Kier molecular flexibility index (Phi) is 8.08. The molecule has 0 heterocycles. The minimum Gasteiger partial charge on any atom is -0.493 e. The number of aromatic carboxylic acids is 1. The molecule has 0 aromatic heterocycles. The van der Waals surface area contributed by atoms with Crippen LogP contribution in [0.5, 0.6) is 5.75 Å². The number of rotatable bonds is 10. The third-order valence-electron chi connectivity index (χ3n) is 7.79. The SMILES string of the molecule is CCCNCCCOc1ccc(-c2ccc(C(=O)O)cc2)cc1-c1ccc2c(c1)C(C)(C)CCC2(C)C. The number of hydrogen-bond donors (Lipinski definition) is 2. The van der Waals surface area contributed by atoms with Crippen LogP contribution in [0.15, 0.2) is 60.7 Å². The summed E-state index contributed by atoms with van der Waals surface area (Å²) in [5, 5.41) is 12.7. The predicted molar refractivity (Wildman–Crippen MR) is 153 cm³/mol. The van der Waals surface area contributed by atoms with Crippen molar-refractivity contribution in [1.29, 1.82) is 0 Å². The number of carboxylic acid groups (broad SMARTS) is 1. The second kappa shape index (κ2) is 11.1. The topological polar surface area (TPSA) is 58.6 Å². The smallest absolute Gasteiger partial charge is 0.335 e. The molecule has 0 saturated heterocycles. The molecule has 0 spiro atoms. The van der Waals surface area contributed by atoms with Gasteiger partial charge in [0.25, 0.3) is 0 Å². The Morgan fingerprint density at radius 1 is 0.838 bits per heavy atom. The Balaban J connectivity index is 1.72. The summed E-state index contributed by atoms with van der Waals surface area (Å²) in [5.41, 5.74) is 7.71. The van der Waals surface area contributed by atoms with Crippen LogP contribution in [0.2, 0.25) is 0 Å². The molecular formula is C33H41NO3. The summed E-state index contributed by atoms with van der Waals surface area (Å²) in [6.07, 6.45) is 4.43. The van der Waals surface area contributed by atoms with E-state index < -0.39 is 5.97 Å². The van der Waals surface area contributed by atoms with Gasteiger partial charge in [-0.25, -0.2) is 4.79 Å². The van der Waals surface area contributed by atoms with Crippen LogP contribution in [0.1, 0.15) is 81.8 Å². The largest absolute Gasteiger partial charge is 0.493 e. The highest BCUT2D eigenvalue weighted by Crippen LogP contribution is 2.47. The van der Waals surface area contributed by atoms with Crippen LogP contribution >= 0.6 is 0 Å². The minimum atomic E-state index is -0.913. The van der Waals surface area contributed by atoms with Gasteiger partial charge in [-0.2, -0.15) is 0 Å². The molecule has 0 amide bonds. The van der Waals surface area contributed by atoms with E-state index in [2.05, 4.69) is 76.3 Å². The average molecular weight is 500 g/mol. The van der Waals surface area contributed by atoms with E-state index in [1.54, 1.807) is 12.1 Å².